The number of fused-ring (bicyclic) bond motifs is 2. The third-order valence-corrected chi connectivity index (χ3v) is 15.2. The number of aliphatic hydroxyl groups is 2. The first kappa shape index (κ1) is 49.8. The lowest BCUT2D eigenvalue weighted by molar-refractivity contribution is -0.170. The van der Waals surface area contributed by atoms with Gasteiger partial charge in [-0.3, -0.25) is 19.2 Å². The molecule has 1 saturated heterocycles. The van der Waals surface area contributed by atoms with E-state index in [1.54, 1.807) is 0 Å². The van der Waals surface area contributed by atoms with Crippen LogP contribution in [0.3, 0.4) is 0 Å². The van der Waals surface area contributed by atoms with E-state index in [9.17, 15) is 29.4 Å². The molecule has 0 aromatic heterocycles. The number of carbonyl (C=O) groups is 4. The van der Waals surface area contributed by atoms with Crippen molar-refractivity contribution in [2.75, 3.05) is 0 Å². The highest BCUT2D eigenvalue weighted by molar-refractivity contribution is 5.76. The molecule has 0 bridgehead atoms. The van der Waals surface area contributed by atoms with Gasteiger partial charge < -0.3 is 29.2 Å². The zero-order valence-corrected chi connectivity index (χ0v) is 39.6. The molecule has 62 heavy (non-hydrogen) atoms. The number of esters is 4. The van der Waals surface area contributed by atoms with Gasteiger partial charge in [0.2, 0.25) is 0 Å². The van der Waals surface area contributed by atoms with E-state index in [0.29, 0.717) is 49.9 Å². The second kappa shape index (κ2) is 21.6. The van der Waals surface area contributed by atoms with Gasteiger partial charge in [0.25, 0.3) is 0 Å². The van der Waals surface area contributed by atoms with E-state index >= 15 is 0 Å². The van der Waals surface area contributed by atoms with Crippen LogP contribution >= 0.6 is 0 Å². The maximum atomic E-state index is 13.2. The lowest BCUT2D eigenvalue weighted by atomic mass is 9.65. The normalized spacial score (nSPS) is 33.2. The van der Waals surface area contributed by atoms with Crippen LogP contribution in [-0.2, 0) is 38.1 Å². The second-order valence-electron chi connectivity index (χ2n) is 21.2. The molecule has 2 N–H and O–H groups in total. The fourth-order valence-corrected chi connectivity index (χ4v) is 10.5. The molecule has 1 aliphatic heterocycles. The molecule has 5 aliphatic rings. The third-order valence-electron chi connectivity index (χ3n) is 15.2. The monoisotopic (exact) mass is 865 g/mol. The van der Waals surface area contributed by atoms with E-state index in [-0.39, 0.29) is 79.1 Å². The first-order valence-electron chi connectivity index (χ1n) is 24.2. The molecule has 1 fully saturated rings. The first-order chi connectivity index (χ1) is 29.2. The molecule has 1 unspecified atom stereocenters. The quantitative estimate of drug-likeness (QED) is 0.0951. The van der Waals surface area contributed by atoms with Crippen molar-refractivity contribution in [1.82, 2.24) is 0 Å². The minimum absolute atomic E-state index is 0.0248. The van der Waals surface area contributed by atoms with Gasteiger partial charge in [-0.15, -0.1) is 0 Å². The summed E-state index contributed by atoms with van der Waals surface area (Å²) < 4.78 is 24.0. The summed E-state index contributed by atoms with van der Waals surface area (Å²) in [6.07, 6.45) is 17.8. The van der Waals surface area contributed by atoms with Gasteiger partial charge in [0.15, 0.2) is 0 Å². The van der Waals surface area contributed by atoms with Gasteiger partial charge in [0.05, 0.1) is 35.9 Å². The predicted octanol–water partition coefficient (Wildman–Crippen LogP) is 9.95. The highest BCUT2D eigenvalue weighted by Crippen LogP contribution is 2.47. The Morgan fingerprint density at radius 3 is 1.73 bits per heavy atom. The van der Waals surface area contributed by atoms with Gasteiger partial charge >= 0.3 is 23.9 Å². The summed E-state index contributed by atoms with van der Waals surface area (Å²) >= 11 is 0. The van der Waals surface area contributed by atoms with Gasteiger partial charge in [0, 0.05) is 18.3 Å². The number of aliphatic hydroxyl groups excluding tert-OH is 2. The van der Waals surface area contributed by atoms with Crippen molar-refractivity contribution in [2.45, 2.75) is 196 Å². The molecule has 0 aromatic rings. The molecule has 0 radical (unpaired) electrons. The molecule has 4 aliphatic carbocycles. The van der Waals surface area contributed by atoms with E-state index in [2.05, 4.69) is 64.2 Å². The number of rotatable bonds is 19. The molecular formula is C52H80O10. The summed E-state index contributed by atoms with van der Waals surface area (Å²) in [6.45, 7) is 20.5. The van der Waals surface area contributed by atoms with Gasteiger partial charge in [-0.2, -0.15) is 0 Å². The van der Waals surface area contributed by atoms with Crippen LogP contribution in [0.25, 0.3) is 0 Å². The third kappa shape index (κ3) is 12.9. The number of hydrogen-bond donors (Lipinski definition) is 2. The molecule has 0 aromatic carbocycles. The Bertz CT molecular complexity index is 1690. The van der Waals surface area contributed by atoms with Crippen LogP contribution in [0.1, 0.15) is 159 Å². The van der Waals surface area contributed by atoms with E-state index in [1.807, 2.05) is 41.5 Å². The molecule has 5 rings (SSSR count). The zero-order valence-electron chi connectivity index (χ0n) is 39.6. The number of cyclic esters (lactones) is 1. The average molecular weight is 865 g/mol. The standard InChI is InChI=1S/C52H80O10/c1-11-51(7,8)49(57)61-43-25-31(3)23-35-21-19-33(5)41(47(35)43)17-13-15-37(53)27-38(54)28-45(55)60-40-29-39(59-46(56)30-40)16-14-18-42-34(6)20-22-36-24-32(4)26-44(48(36)42)62-50(58)52(9,10)12-2/h19-24,31-34,37-44,47-48,53-54H,11-18,25-30H2,1-10H3/t31-,32-,33-,34-,37+,38+,39?,40+,41-,42-,43-,44-,47-,48-/m0/s1. The maximum absolute atomic E-state index is 13.2. The number of carbonyl (C=O) groups excluding carboxylic acids is 4. The number of allylic oxidation sites excluding steroid dienone is 6. The Kier molecular flexibility index (Phi) is 17.4. The van der Waals surface area contributed by atoms with Crippen LogP contribution in [0.2, 0.25) is 0 Å². The predicted molar refractivity (Wildman–Crippen MR) is 240 cm³/mol. The number of hydrogen-bond acceptors (Lipinski definition) is 10. The first-order valence-corrected chi connectivity index (χ1v) is 24.2. The van der Waals surface area contributed by atoms with Crippen LogP contribution in [0, 0.1) is 58.2 Å². The highest BCUT2D eigenvalue weighted by Gasteiger charge is 2.45. The van der Waals surface area contributed by atoms with Gasteiger partial charge in [-0.05, 0) is 139 Å². The summed E-state index contributed by atoms with van der Waals surface area (Å²) in [5.41, 5.74) is 1.39. The van der Waals surface area contributed by atoms with Crippen molar-refractivity contribution in [3.63, 3.8) is 0 Å². The van der Waals surface area contributed by atoms with Crippen molar-refractivity contribution in [3.05, 3.63) is 47.6 Å². The van der Waals surface area contributed by atoms with Gasteiger partial charge in [0.1, 0.15) is 24.4 Å². The van der Waals surface area contributed by atoms with Crippen molar-refractivity contribution in [1.29, 1.82) is 0 Å². The lowest BCUT2D eigenvalue weighted by Crippen LogP contribution is -2.43. The molecule has 0 spiro atoms. The molecule has 348 valence electrons. The summed E-state index contributed by atoms with van der Waals surface area (Å²) in [5, 5.41) is 21.8. The van der Waals surface area contributed by atoms with Crippen LogP contribution in [-0.4, -0.2) is 70.7 Å². The molecule has 14 atom stereocenters. The Morgan fingerprint density at radius 2 is 1.23 bits per heavy atom. The van der Waals surface area contributed by atoms with Crippen LogP contribution in [0.5, 0.6) is 0 Å². The Labute approximate surface area is 372 Å². The summed E-state index contributed by atoms with van der Waals surface area (Å²) in [7, 11) is 0. The van der Waals surface area contributed by atoms with Gasteiger partial charge in [-0.1, -0.05) is 84.4 Å². The summed E-state index contributed by atoms with van der Waals surface area (Å²) in [5.74, 6) is 0.654. The Balaban J connectivity index is 1.07. The average Bonchev–Trinajstić information content (AvgIpc) is 3.19. The van der Waals surface area contributed by atoms with Gasteiger partial charge in [-0.25, -0.2) is 0 Å². The van der Waals surface area contributed by atoms with Crippen LogP contribution in [0.15, 0.2) is 47.6 Å². The summed E-state index contributed by atoms with van der Waals surface area (Å²) in [6, 6.07) is 0. The van der Waals surface area contributed by atoms with E-state index < -0.39 is 41.1 Å². The molecular weight excluding hydrogens is 785 g/mol. The van der Waals surface area contributed by atoms with Crippen LogP contribution in [0.4, 0.5) is 0 Å². The SMILES string of the molecule is CCC(C)(C)C(=O)O[C@H]1C[C@@H](C)C=C2C=C[C@H](C)[C@H](CCCC3C[C@@H](OC(=O)C[C@H](O)C[C@H](O)CCC[C@@H]4[C@@H]5C(=C[C@H](C)C[C@@H]5OC(=O)C(C)(C)CC)C=C[C@@H]4C)CC(=O)O3)[C@H]21. The summed E-state index contributed by atoms with van der Waals surface area (Å²) in [4.78, 5) is 52.1. The second-order valence-corrected chi connectivity index (χ2v) is 21.2. The minimum atomic E-state index is -1.08. The van der Waals surface area contributed by atoms with E-state index in [1.165, 1.54) is 11.1 Å². The molecule has 0 saturated carbocycles. The van der Waals surface area contributed by atoms with Crippen molar-refractivity contribution < 1.29 is 48.3 Å². The maximum Gasteiger partial charge on any atom is 0.311 e. The van der Waals surface area contributed by atoms with Crippen LogP contribution < -0.4 is 0 Å². The zero-order chi connectivity index (χ0) is 45.5. The topological polar surface area (TPSA) is 146 Å². The fourth-order valence-electron chi connectivity index (χ4n) is 10.5. The fraction of sp³-hybridized carbons (Fsp3) is 0.769. The number of ether oxygens (including phenoxy) is 4. The van der Waals surface area contributed by atoms with E-state index in [0.717, 1.165) is 38.5 Å². The van der Waals surface area contributed by atoms with Crippen molar-refractivity contribution in [2.24, 2.45) is 58.2 Å². The Morgan fingerprint density at radius 1 is 0.726 bits per heavy atom. The smallest absolute Gasteiger partial charge is 0.311 e. The Hall–Kier alpha value is -3.24. The van der Waals surface area contributed by atoms with Crippen molar-refractivity contribution in [3.8, 4) is 0 Å². The molecule has 10 heteroatoms. The lowest BCUT2D eigenvalue weighted by Gasteiger charge is -2.43. The van der Waals surface area contributed by atoms with E-state index in [4.69, 9.17) is 18.9 Å². The molecule has 10 nitrogen and oxygen atoms in total. The molecule has 0 amide bonds. The van der Waals surface area contributed by atoms with Crippen molar-refractivity contribution >= 4 is 23.9 Å². The largest absolute Gasteiger partial charge is 0.462 e. The highest BCUT2D eigenvalue weighted by atomic mass is 16.6. The minimum Gasteiger partial charge on any atom is -0.462 e. The molecule has 1 heterocycles.